The number of aromatic nitrogens is 7. The lowest BCUT2D eigenvalue weighted by atomic mass is 9.96. The number of anilines is 4. The molecule has 1 saturated heterocycles. The number of aryl methyl sites for hydroxylation is 3. The summed E-state index contributed by atoms with van der Waals surface area (Å²) in [5, 5.41) is 14.9. The van der Waals surface area contributed by atoms with Crippen LogP contribution in [0.4, 0.5) is 27.8 Å². The lowest BCUT2D eigenvalue weighted by molar-refractivity contribution is -0.117. The first kappa shape index (κ1) is 31.5. The lowest BCUT2D eigenvalue weighted by Crippen LogP contribution is -2.33. The Morgan fingerprint density at radius 3 is 2.73 bits per heavy atom. The molecular weight excluding hydrogens is 613 g/mol. The van der Waals surface area contributed by atoms with Crippen molar-refractivity contribution in [3.05, 3.63) is 59.9 Å². The number of hydrogen-bond donors (Lipinski definition) is 4. The van der Waals surface area contributed by atoms with Crippen LogP contribution in [0.25, 0.3) is 22.2 Å². The molecule has 1 saturated carbocycles. The van der Waals surface area contributed by atoms with Crippen LogP contribution >= 0.6 is 0 Å². The van der Waals surface area contributed by atoms with Crippen molar-refractivity contribution in [1.82, 2.24) is 39.6 Å². The molecule has 14 heteroatoms. The molecule has 1 aliphatic carbocycles. The third-order valence-electron chi connectivity index (χ3n) is 9.10. The van der Waals surface area contributed by atoms with Gasteiger partial charge in [-0.3, -0.25) is 14.4 Å². The predicted octanol–water partition coefficient (Wildman–Crippen LogP) is 5.48. The Bertz CT molecular complexity index is 1910. The van der Waals surface area contributed by atoms with Gasteiger partial charge in [0.25, 0.3) is 5.88 Å². The van der Waals surface area contributed by atoms with Crippen molar-refractivity contribution in [1.29, 1.82) is 0 Å². The zero-order valence-electron chi connectivity index (χ0n) is 27.4. The summed E-state index contributed by atoms with van der Waals surface area (Å²) in [6.07, 6.45) is 10.9. The minimum Gasteiger partial charge on any atom is -0.471 e. The molecule has 1 aliphatic heterocycles. The van der Waals surface area contributed by atoms with Gasteiger partial charge < -0.3 is 25.7 Å². The molecule has 0 spiro atoms. The van der Waals surface area contributed by atoms with Crippen LogP contribution < -0.4 is 20.7 Å². The standard InChI is InChI=1S/C34H40FN11O2/c1-20-15-37-34(41-28-14-21(2)45(3)44-28)42-30(20)25-16-36-31-24(25)10-7-11-27(31)40-29(47)19-46-13-12-23(18-46)48-32-26(35)17-38-33(43-32)39-22-8-5-4-6-9-22/h7,10-11,14-17,22-23,36H,4-6,8-9,12-13,18-19H2,1-3H3,(H,40,47)(H,38,39,43)(H,37,41,42,44)/t23-/m0/s1. The van der Waals surface area contributed by atoms with E-state index in [1.807, 2.05) is 56.3 Å². The molecule has 250 valence electrons. The summed E-state index contributed by atoms with van der Waals surface area (Å²) in [7, 11) is 1.88. The molecule has 5 aromatic rings. The SMILES string of the molecule is Cc1cnc(Nc2cc(C)n(C)n2)nc1-c1c[nH]c2c(NC(=O)CN3CC[C@H](Oc4nc(NC5CCCCC5)ncc4F)C3)cccc12. The molecule has 4 aromatic heterocycles. The second-order valence-corrected chi connectivity index (χ2v) is 12.7. The fraction of sp³-hybridized carbons (Fsp3) is 0.412. The molecule has 0 bridgehead atoms. The molecule has 1 amide bonds. The van der Waals surface area contributed by atoms with Gasteiger partial charge >= 0.3 is 0 Å². The number of halogens is 1. The number of carbonyl (C=O) groups excluding carboxylic acids is 1. The Hall–Kier alpha value is -5.11. The van der Waals surface area contributed by atoms with Crippen LogP contribution in [0.15, 0.2) is 42.9 Å². The third-order valence-corrected chi connectivity index (χ3v) is 9.10. The predicted molar refractivity (Wildman–Crippen MR) is 182 cm³/mol. The van der Waals surface area contributed by atoms with Crippen molar-refractivity contribution < 1.29 is 13.9 Å². The van der Waals surface area contributed by atoms with E-state index in [4.69, 9.17) is 9.72 Å². The van der Waals surface area contributed by atoms with Crippen molar-refractivity contribution in [2.75, 3.05) is 35.6 Å². The number of hydrogen-bond acceptors (Lipinski definition) is 10. The third kappa shape index (κ3) is 6.93. The van der Waals surface area contributed by atoms with Gasteiger partial charge in [-0.15, -0.1) is 0 Å². The largest absolute Gasteiger partial charge is 0.471 e. The quantitative estimate of drug-likeness (QED) is 0.152. The Morgan fingerprint density at radius 2 is 1.92 bits per heavy atom. The highest BCUT2D eigenvalue weighted by atomic mass is 19.1. The number of amides is 1. The fourth-order valence-electron chi connectivity index (χ4n) is 6.49. The summed E-state index contributed by atoms with van der Waals surface area (Å²) in [5.41, 5.74) is 5.07. The molecule has 1 atom stereocenters. The van der Waals surface area contributed by atoms with Crippen molar-refractivity contribution in [3.8, 4) is 17.1 Å². The van der Waals surface area contributed by atoms with E-state index in [2.05, 4.69) is 41.0 Å². The molecule has 1 aromatic carbocycles. The van der Waals surface area contributed by atoms with E-state index in [0.717, 1.165) is 52.5 Å². The Labute approximate surface area is 277 Å². The number of carbonyl (C=O) groups is 1. The highest BCUT2D eigenvalue weighted by molar-refractivity contribution is 6.06. The maximum absolute atomic E-state index is 14.6. The molecule has 5 heterocycles. The topological polar surface area (TPSA) is 151 Å². The monoisotopic (exact) mass is 653 g/mol. The summed E-state index contributed by atoms with van der Waals surface area (Å²) in [6.45, 7) is 5.26. The summed E-state index contributed by atoms with van der Waals surface area (Å²) in [5.74, 6) is 0.707. The van der Waals surface area contributed by atoms with Crippen molar-refractivity contribution >= 4 is 40.2 Å². The number of H-pyrrole nitrogens is 1. The average molecular weight is 654 g/mol. The first-order valence-electron chi connectivity index (χ1n) is 16.5. The van der Waals surface area contributed by atoms with Gasteiger partial charge in [0.05, 0.1) is 29.6 Å². The van der Waals surface area contributed by atoms with Gasteiger partial charge in [-0.25, -0.2) is 15.0 Å². The first-order chi connectivity index (χ1) is 23.3. The molecule has 2 fully saturated rings. The number of para-hydroxylation sites is 1. The summed E-state index contributed by atoms with van der Waals surface area (Å²) >= 11 is 0. The number of nitrogens with zero attached hydrogens (tertiary/aromatic N) is 7. The Balaban J connectivity index is 0.983. The number of likely N-dealkylation sites (tertiary alicyclic amines) is 1. The molecule has 2 aliphatic rings. The number of fused-ring (bicyclic) bond motifs is 1. The van der Waals surface area contributed by atoms with E-state index in [1.165, 1.54) is 19.3 Å². The fourth-order valence-corrected chi connectivity index (χ4v) is 6.49. The van der Waals surface area contributed by atoms with E-state index in [0.29, 0.717) is 49.0 Å². The van der Waals surface area contributed by atoms with E-state index in [9.17, 15) is 9.18 Å². The summed E-state index contributed by atoms with van der Waals surface area (Å²) < 4.78 is 22.3. The molecular formula is C34H40FN11O2. The number of ether oxygens (including phenoxy) is 1. The molecule has 0 unspecified atom stereocenters. The number of aromatic amines is 1. The van der Waals surface area contributed by atoms with Crippen LogP contribution in [0, 0.1) is 19.7 Å². The van der Waals surface area contributed by atoms with Gasteiger partial charge in [-0.05, 0) is 44.7 Å². The number of rotatable bonds is 10. The molecule has 0 radical (unpaired) electrons. The van der Waals surface area contributed by atoms with Gasteiger partial charge in [0.1, 0.15) is 6.10 Å². The normalized spacial score (nSPS) is 17.1. The summed E-state index contributed by atoms with van der Waals surface area (Å²) in [4.78, 5) is 36.2. The maximum Gasteiger partial charge on any atom is 0.255 e. The van der Waals surface area contributed by atoms with Crippen LogP contribution in [0.2, 0.25) is 0 Å². The maximum atomic E-state index is 14.6. The van der Waals surface area contributed by atoms with E-state index < -0.39 is 5.82 Å². The average Bonchev–Trinajstić information content (AvgIpc) is 3.79. The summed E-state index contributed by atoms with van der Waals surface area (Å²) in [6, 6.07) is 8.02. The van der Waals surface area contributed by atoms with Crippen LogP contribution in [0.5, 0.6) is 5.88 Å². The molecule has 13 nitrogen and oxygen atoms in total. The number of benzene rings is 1. The second-order valence-electron chi connectivity index (χ2n) is 12.7. The highest BCUT2D eigenvalue weighted by Gasteiger charge is 2.28. The van der Waals surface area contributed by atoms with Gasteiger partial charge in [0.2, 0.25) is 23.6 Å². The number of nitrogens with one attached hydrogen (secondary N) is 4. The van der Waals surface area contributed by atoms with E-state index in [-0.39, 0.29) is 24.4 Å². The molecule has 4 N–H and O–H groups in total. The first-order valence-corrected chi connectivity index (χ1v) is 16.5. The highest BCUT2D eigenvalue weighted by Crippen LogP contribution is 2.34. The Kier molecular flexibility index (Phi) is 8.89. The molecule has 7 rings (SSSR count). The van der Waals surface area contributed by atoms with Crippen LogP contribution in [0.3, 0.4) is 0 Å². The van der Waals surface area contributed by atoms with Gasteiger partial charge in [-0.2, -0.15) is 14.5 Å². The lowest BCUT2D eigenvalue weighted by Gasteiger charge is -2.23. The van der Waals surface area contributed by atoms with Crippen LogP contribution in [0.1, 0.15) is 49.8 Å². The minimum absolute atomic E-state index is 0.0532. The van der Waals surface area contributed by atoms with E-state index >= 15 is 0 Å². The van der Waals surface area contributed by atoms with Crippen molar-refractivity contribution in [3.63, 3.8) is 0 Å². The second kappa shape index (κ2) is 13.6. The van der Waals surface area contributed by atoms with Crippen LogP contribution in [-0.2, 0) is 11.8 Å². The van der Waals surface area contributed by atoms with Crippen molar-refractivity contribution in [2.24, 2.45) is 7.05 Å². The zero-order valence-corrected chi connectivity index (χ0v) is 27.4. The minimum atomic E-state index is -0.591. The molecule has 48 heavy (non-hydrogen) atoms. The smallest absolute Gasteiger partial charge is 0.255 e. The van der Waals surface area contributed by atoms with Gasteiger partial charge in [-0.1, -0.05) is 31.4 Å². The van der Waals surface area contributed by atoms with Gasteiger partial charge in [0.15, 0.2) is 5.82 Å². The van der Waals surface area contributed by atoms with Gasteiger partial charge in [0, 0.05) is 61.3 Å². The van der Waals surface area contributed by atoms with Crippen molar-refractivity contribution in [2.45, 2.75) is 64.5 Å². The van der Waals surface area contributed by atoms with Crippen LogP contribution in [-0.4, -0.2) is 77.3 Å². The zero-order chi connectivity index (χ0) is 33.2. The Morgan fingerprint density at radius 1 is 1.08 bits per heavy atom. The van der Waals surface area contributed by atoms with E-state index in [1.54, 1.807) is 10.9 Å².